The second kappa shape index (κ2) is 5.26. The highest BCUT2D eigenvalue weighted by Gasteiger charge is 2.51. The molecule has 6 heteroatoms. The lowest BCUT2D eigenvalue weighted by Gasteiger charge is -2.32. The topological polar surface area (TPSA) is 56.2 Å². The number of hydrogen-bond donors (Lipinski definition) is 0. The summed E-state index contributed by atoms with van der Waals surface area (Å²) in [4.78, 5) is 35.5. The summed E-state index contributed by atoms with van der Waals surface area (Å²) in [5, 5.41) is 0. The molecule has 4 aliphatic heterocycles. The number of rotatable bonds is 0. The zero-order chi connectivity index (χ0) is 17.1. The number of aliphatic imine (C=N–C) groups is 1. The predicted molar refractivity (Wildman–Crippen MR) is 94.9 cm³/mol. The number of carbonyl (C=O) groups is 2. The highest BCUT2D eigenvalue weighted by molar-refractivity contribution is 6.01. The van der Waals surface area contributed by atoms with Gasteiger partial charge in [0.05, 0.1) is 23.8 Å². The van der Waals surface area contributed by atoms with Gasteiger partial charge in [0.25, 0.3) is 0 Å². The normalized spacial score (nSPS) is 27.8. The molecule has 5 rings (SSSR count). The van der Waals surface area contributed by atoms with Gasteiger partial charge in [-0.15, -0.1) is 0 Å². The van der Waals surface area contributed by atoms with E-state index in [2.05, 4.69) is 9.89 Å². The molecular weight excluding hydrogens is 316 g/mol. The number of para-hydroxylation sites is 1. The smallest absolute Gasteiger partial charge is 0.246 e. The fraction of sp³-hybridized carbons (Fsp3) is 0.421. The molecule has 0 saturated carbocycles. The molecule has 2 fully saturated rings. The van der Waals surface area contributed by atoms with Gasteiger partial charge < -0.3 is 4.90 Å². The van der Waals surface area contributed by atoms with Crippen molar-refractivity contribution in [3.63, 3.8) is 0 Å². The van der Waals surface area contributed by atoms with Crippen LogP contribution >= 0.6 is 0 Å². The summed E-state index contributed by atoms with van der Waals surface area (Å²) in [5.74, 6) is 0.202. The Hall–Kier alpha value is -2.47. The summed E-state index contributed by atoms with van der Waals surface area (Å²) < 4.78 is 0. The molecule has 2 amide bonds. The highest BCUT2D eigenvalue weighted by Crippen LogP contribution is 2.43. The van der Waals surface area contributed by atoms with Crippen LogP contribution in [0.25, 0.3) is 5.70 Å². The molecule has 25 heavy (non-hydrogen) atoms. The average molecular weight is 336 g/mol. The molecule has 0 aromatic heterocycles. The molecule has 128 valence electrons. The third-order valence-electron chi connectivity index (χ3n) is 5.77. The van der Waals surface area contributed by atoms with E-state index >= 15 is 0 Å². The maximum absolute atomic E-state index is 12.7. The van der Waals surface area contributed by atoms with Gasteiger partial charge in [-0.25, -0.2) is 4.99 Å². The van der Waals surface area contributed by atoms with Gasteiger partial charge in [0.15, 0.2) is 0 Å². The van der Waals surface area contributed by atoms with Crippen molar-refractivity contribution in [1.82, 2.24) is 9.80 Å². The molecule has 1 aromatic carbocycles. The molecule has 2 saturated heterocycles. The minimum atomic E-state index is -0.0348. The minimum absolute atomic E-state index is 0.00860. The van der Waals surface area contributed by atoms with Crippen LogP contribution in [-0.4, -0.2) is 53.2 Å². The molecule has 0 aliphatic carbocycles. The monoisotopic (exact) mass is 336 g/mol. The van der Waals surface area contributed by atoms with Gasteiger partial charge in [-0.05, 0) is 30.9 Å². The first-order valence-electron chi connectivity index (χ1n) is 8.89. The van der Waals surface area contributed by atoms with Crippen LogP contribution in [0.3, 0.4) is 0 Å². The van der Waals surface area contributed by atoms with Crippen molar-refractivity contribution in [2.45, 2.75) is 38.4 Å². The lowest BCUT2D eigenvalue weighted by molar-refractivity contribution is -0.126. The fourth-order valence-electron chi connectivity index (χ4n) is 4.69. The summed E-state index contributed by atoms with van der Waals surface area (Å²) in [6.07, 6.45) is 4.39. The second-order valence-corrected chi connectivity index (χ2v) is 7.07. The Bertz CT molecular complexity index is 844. The molecule has 2 atom stereocenters. The van der Waals surface area contributed by atoms with E-state index in [9.17, 15) is 9.59 Å². The molecule has 1 aromatic rings. The summed E-state index contributed by atoms with van der Waals surface area (Å²) in [5.41, 5.74) is 3.99. The Morgan fingerprint density at radius 3 is 2.92 bits per heavy atom. The molecule has 4 heterocycles. The van der Waals surface area contributed by atoms with Crippen LogP contribution < -0.4 is 4.90 Å². The van der Waals surface area contributed by atoms with Gasteiger partial charge in [0.1, 0.15) is 6.17 Å². The maximum atomic E-state index is 12.7. The number of amides is 2. The number of carbonyl (C=O) groups excluding carboxylic acids is 2. The first-order chi connectivity index (χ1) is 12.2. The van der Waals surface area contributed by atoms with E-state index in [-0.39, 0.29) is 24.0 Å². The van der Waals surface area contributed by atoms with Crippen LogP contribution in [0.4, 0.5) is 5.69 Å². The molecular formula is C19H20N4O2. The van der Waals surface area contributed by atoms with Crippen molar-refractivity contribution in [2.24, 2.45) is 4.99 Å². The Kier molecular flexibility index (Phi) is 3.12. The zero-order valence-electron chi connectivity index (χ0n) is 14.2. The van der Waals surface area contributed by atoms with Gasteiger partial charge in [0.2, 0.25) is 11.8 Å². The predicted octanol–water partition coefficient (Wildman–Crippen LogP) is 1.83. The third-order valence-corrected chi connectivity index (χ3v) is 5.77. The van der Waals surface area contributed by atoms with Crippen LogP contribution in [0, 0.1) is 0 Å². The van der Waals surface area contributed by atoms with Gasteiger partial charge >= 0.3 is 0 Å². The quantitative estimate of drug-likeness (QED) is 0.726. The van der Waals surface area contributed by atoms with Gasteiger partial charge in [-0.3, -0.25) is 19.4 Å². The Labute approximate surface area is 146 Å². The Balaban J connectivity index is 1.66. The molecule has 6 nitrogen and oxygen atoms in total. The molecule has 0 spiro atoms. The number of nitrogens with zero attached hydrogens (tertiary/aromatic N) is 4. The summed E-state index contributed by atoms with van der Waals surface area (Å²) in [7, 11) is 0. The van der Waals surface area contributed by atoms with E-state index < -0.39 is 0 Å². The van der Waals surface area contributed by atoms with Crippen molar-refractivity contribution in [1.29, 1.82) is 0 Å². The highest BCUT2D eigenvalue weighted by atomic mass is 16.2. The molecule has 2 unspecified atom stereocenters. The van der Waals surface area contributed by atoms with E-state index in [0.29, 0.717) is 6.54 Å². The lowest BCUT2D eigenvalue weighted by Crippen LogP contribution is -2.43. The maximum Gasteiger partial charge on any atom is 0.246 e. The van der Waals surface area contributed by atoms with E-state index in [1.54, 1.807) is 18.2 Å². The van der Waals surface area contributed by atoms with Crippen molar-refractivity contribution in [3.05, 3.63) is 35.4 Å². The van der Waals surface area contributed by atoms with Crippen molar-refractivity contribution < 1.29 is 9.59 Å². The van der Waals surface area contributed by atoms with E-state index in [1.165, 1.54) is 0 Å². The number of benzene rings is 1. The van der Waals surface area contributed by atoms with Gasteiger partial charge in [0, 0.05) is 25.6 Å². The fourth-order valence-corrected chi connectivity index (χ4v) is 4.69. The van der Waals surface area contributed by atoms with Gasteiger partial charge in [-0.1, -0.05) is 18.2 Å². The van der Waals surface area contributed by atoms with Crippen molar-refractivity contribution in [2.75, 3.05) is 18.0 Å². The van der Waals surface area contributed by atoms with Crippen molar-refractivity contribution >= 4 is 29.5 Å². The molecule has 0 N–H and O–H groups in total. The van der Waals surface area contributed by atoms with Crippen LogP contribution in [0.1, 0.15) is 31.7 Å². The van der Waals surface area contributed by atoms with Crippen LogP contribution in [0.5, 0.6) is 0 Å². The number of fused-ring (bicyclic) bond motifs is 6. The molecule has 0 bridgehead atoms. The average Bonchev–Trinajstić information content (AvgIpc) is 3.13. The van der Waals surface area contributed by atoms with Crippen LogP contribution in [0.2, 0.25) is 0 Å². The van der Waals surface area contributed by atoms with Crippen molar-refractivity contribution in [3.8, 4) is 0 Å². The number of hydrogen-bond acceptors (Lipinski definition) is 4. The van der Waals surface area contributed by atoms with E-state index in [1.807, 2.05) is 29.2 Å². The van der Waals surface area contributed by atoms with E-state index in [0.717, 1.165) is 48.3 Å². The first-order valence-corrected chi connectivity index (χ1v) is 8.89. The third kappa shape index (κ3) is 1.97. The minimum Gasteiger partial charge on any atom is -0.312 e. The summed E-state index contributed by atoms with van der Waals surface area (Å²) >= 11 is 0. The molecule has 4 aliphatic rings. The Morgan fingerprint density at radius 1 is 1.24 bits per heavy atom. The SMILES string of the molecule is CC(=O)N1CCC2=C(N=CN3C(=O)C4CCCN4C23)c2ccccc21. The summed E-state index contributed by atoms with van der Waals surface area (Å²) in [6.45, 7) is 3.17. The Morgan fingerprint density at radius 2 is 2.08 bits per heavy atom. The van der Waals surface area contributed by atoms with Crippen LogP contribution in [0.15, 0.2) is 34.8 Å². The van der Waals surface area contributed by atoms with Gasteiger partial charge in [-0.2, -0.15) is 0 Å². The largest absolute Gasteiger partial charge is 0.312 e. The standard InChI is InChI=1S/C19H20N4O2/c1-12(24)21-10-8-14-17(13-5-2-3-6-15(13)21)20-11-23-18(14)22-9-4-7-16(22)19(23)25/h2-3,5-6,11,16,18H,4,7-10H2,1H3. The second-order valence-electron chi connectivity index (χ2n) is 7.07. The zero-order valence-corrected chi connectivity index (χ0v) is 14.2. The number of anilines is 1. The van der Waals surface area contributed by atoms with E-state index in [4.69, 9.17) is 0 Å². The lowest BCUT2D eigenvalue weighted by atomic mass is 10.00. The molecule has 0 radical (unpaired) electrons. The first kappa shape index (κ1) is 14.8. The van der Waals surface area contributed by atoms with Crippen LogP contribution in [-0.2, 0) is 9.59 Å². The summed E-state index contributed by atoms with van der Waals surface area (Å²) in [6, 6.07) is 7.93.